The minimum Gasteiger partial charge on any atom is -0.268 e. The summed E-state index contributed by atoms with van der Waals surface area (Å²) < 4.78 is 0. The molecule has 0 spiro atoms. The number of benzene rings is 1. The quantitative estimate of drug-likeness (QED) is 0.802. The van der Waals surface area contributed by atoms with Gasteiger partial charge in [0.15, 0.2) is 0 Å². The molecule has 0 saturated heterocycles. The summed E-state index contributed by atoms with van der Waals surface area (Å²) in [5.74, 6) is 0. The first-order valence-electron chi connectivity index (χ1n) is 4.49. The molecule has 1 aromatic heterocycles. The molecule has 0 radical (unpaired) electrons. The van der Waals surface area contributed by atoms with Crippen molar-refractivity contribution in [1.29, 1.82) is 0 Å². The van der Waals surface area contributed by atoms with E-state index in [0.29, 0.717) is 10.7 Å². The van der Waals surface area contributed by atoms with Crippen LogP contribution < -0.4 is 5.56 Å². The van der Waals surface area contributed by atoms with Crippen LogP contribution in [-0.2, 0) is 0 Å². The van der Waals surface area contributed by atoms with Gasteiger partial charge in [-0.15, -0.1) is 0 Å². The van der Waals surface area contributed by atoms with Crippen molar-refractivity contribution >= 4 is 11.6 Å². The molecule has 2 rings (SSSR count). The van der Waals surface area contributed by atoms with E-state index in [-0.39, 0.29) is 5.56 Å². The van der Waals surface area contributed by atoms with Gasteiger partial charge in [0, 0.05) is 11.6 Å². The van der Waals surface area contributed by atoms with Crippen LogP contribution in [0.1, 0.15) is 5.56 Å². The minimum absolute atomic E-state index is 0.295. The molecule has 0 fully saturated rings. The van der Waals surface area contributed by atoms with Gasteiger partial charge in [0.2, 0.25) is 0 Å². The number of nitrogens with zero attached hydrogens (tertiary/aromatic N) is 1. The lowest BCUT2D eigenvalue weighted by atomic mass is 10.1. The van der Waals surface area contributed by atoms with Gasteiger partial charge in [-0.25, -0.2) is 5.10 Å². The summed E-state index contributed by atoms with van der Waals surface area (Å²) in [6.45, 7) is 2.01. The van der Waals surface area contributed by atoms with Crippen LogP contribution in [0.2, 0.25) is 5.02 Å². The van der Waals surface area contributed by atoms with Gasteiger partial charge in [-0.2, -0.15) is 5.10 Å². The number of nitrogens with one attached hydrogen (secondary N) is 1. The molecule has 0 bridgehead atoms. The molecule has 0 amide bonds. The Morgan fingerprint density at radius 1 is 1.27 bits per heavy atom. The maximum Gasteiger partial charge on any atom is 0.265 e. The molecule has 0 aliphatic rings. The highest BCUT2D eigenvalue weighted by atomic mass is 35.5. The maximum atomic E-state index is 10.9. The van der Waals surface area contributed by atoms with E-state index in [1.165, 1.54) is 11.6 Å². The van der Waals surface area contributed by atoms with Crippen LogP contribution in [0.25, 0.3) is 11.3 Å². The Morgan fingerprint density at radius 2 is 1.93 bits per heavy atom. The summed E-state index contributed by atoms with van der Waals surface area (Å²) in [5, 5.41) is 6.64. The first kappa shape index (κ1) is 9.93. The van der Waals surface area contributed by atoms with E-state index < -0.39 is 0 Å². The van der Waals surface area contributed by atoms with E-state index in [0.717, 1.165) is 5.56 Å². The van der Waals surface area contributed by atoms with E-state index in [9.17, 15) is 4.79 Å². The van der Waals surface area contributed by atoms with Crippen molar-refractivity contribution in [3.63, 3.8) is 0 Å². The lowest BCUT2D eigenvalue weighted by Gasteiger charge is -2.02. The zero-order valence-electron chi connectivity index (χ0n) is 8.12. The predicted molar refractivity (Wildman–Crippen MR) is 60.0 cm³/mol. The number of rotatable bonds is 1. The summed E-state index contributed by atoms with van der Waals surface area (Å²) in [6, 6.07) is 9.10. The number of aromatic amines is 1. The third kappa shape index (κ3) is 2.07. The van der Waals surface area contributed by atoms with Crippen molar-refractivity contribution in [2.24, 2.45) is 0 Å². The number of hydrogen-bond donors (Lipinski definition) is 1. The van der Waals surface area contributed by atoms with Crippen molar-refractivity contribution < 1.29 is 0 Å². The van der Waals surface area contributed by atoms with Gasteiger partial charge in [0.05, 0.1) is 5.02 Å². The van der Waals surface area contributed by atoms with Gasteiger partial charge in [0.25, 0.3) is 5.56 Å². The van der Waals surface area contributed by atoms with Crippen molar-refractivity contribution in [3.8, 4) is 11.3 Å². The Balaban J connectivity index is 2.54. The summed E-state index contributed by atoms with van der Waals surface area (Å²) in [4.78, 5) is 10.9. The number of hydrogen-bond acceptors (Lipinski definition) is 2. The largest absolute Gasteiger partial charge is 0.268 e. The smallest absolute Gasteiger partial charge is 0.265 e. The minimum atomic E-state index is -0.295. The average Bonchev–Trinajstić information content (AvgIpc) is 2.20. The number of H-pyrrole nitrogens is 1. The lowest BCUT2D eigenvalue weighted by molar-refractivity contribution is 0.995. The van der Waals surface area contributed by atoms with Crippen LogP contribution in [0.4, 0.5) is 0 Å². The molecule has 1 aromatic carbocycles. The maximum absolute atomic E-state index is 10.9. The van der Waals surface area contributed by atoms with Gasteiger partial charge in [0.1, 0.15) is 5.69 Å². The zero-order valence-corrected chi connectivity index (χ0v) is 8.88. The molecule has 0 aliphatic heterocycles. The Hall–Kier alpha value is -1.61. The number of aryl methyl sites for hydroxylation is 1. The molecule has 76 valence electrons. The van der Waals surface area contributed by atoms with Gasteiger partial charge in [-0.3, -0.25) is 4.79 Å². The summed E-state index contributed by atoms with van der Waals surface area (Å²) in [6.07, 6.45) is 0. The van der Waals surface area contributed by atoms with E-state index in [4.69, 9.17) is 11.6 Å². The van der Waals surface area contributed by atoms with Crippen LogP contribution >= 0.6 is 11.6 Å². The van der Waals surface area contributed by atoms with Crippen molar-refractivity contribution in [1.82, 2.24) is 10.2 Å². The fourth-order valence-electron chi connectivity index (χ4n) is 1.29. The topological polar surface area (TPSA) is 45.8 Å². The molecular formula is C11H9ClN2O. The van der Waals surface area contributed by atoms with E-state index in [1.54, 1.807) is 0 Å². The highest BCUT2D eigenvalue weighted by Crippen LogP contribution is 2.23. The van der Waals surface area contributed by atoms with Crippen LogP contribution in [-0.4, -0.2) is 10.2 Å². The summed E-state index contributed by atoms with van der Waals surface area (Å²) >= 11 is 5.92. The standard InChI is InChI=1S/C11H9ClN2O/c1-7-2-4-8(5-3-7)11-9(12)6-10(15)13-14-11/h2-6H,1H3,(H,13,15). The van der Waals surface area contributed by atoms with Crippen molar-refractivity contribution in [2.75, 3.05) is 0 Å². The molecule has 0 unspecified atom stereocenters. The van der Waals surface area contributed by atoms with Crippen LogP contribution in [0.5, 0.6) is 0 Å². The van der Waals surface area contributed by atoms with Gasteiger partial charge >= 0.3 is 0 Å². The third-order valence-electron chi connectivity index (χ3n) is 2.09. The lowest BCUT2D eigenvalue weighted by Crippen LogP contribution is -2.06. The summed E-state index contributed by atoms with van der Waals surface area (Å²) in [7, 11) is 0. The third-order valence-corrected chi connectivity index (χ3v) is 2.38. The molecule has 2 aromatic rings. The molecule has 3 nitrogen and oxygen atoms in total. The molecular weight excluding hydrogens is 212 g/mol. The van der Waals surface area contributed by atoms with E-state index in [2.05, 4.69) is 10.2 Å². The van der Waals surface area contributed by atoms with Crippen molar-refractivity contribution in [3.05, 3.63) is 51.3 Å². The van der Waals surface area contributed by atoms with E-state index >= 15 is 0 Å². The second kappa shape index (κ2) is 3.87. The highest BCUT2D eigenvalue weighted by Gasteiger charge is 2.05. The fraction of sp³-hybridized carbons (Fsp3) is 0.0909. The molecule has 0 aliphatic carbocycles. The SMILES string of the molecule is Cc1ccc(-c2n[nH]c(=O)cc2Cl)cc1. The first-order valence-corrected chi connectivity index (χ1v) is 4.87. The monoisotopic (exact) mass is 220 g/mol. The molecule has 0 saturated carbocycles. The normalized spacial score (nSPS) is 10.3. The molecule has 15 heavy (non-hydrogen) atoms. The van der Waals surface area contributed by atoms with Gasteiger partial charge in [-0.1, -0.05) is 41.4 Å². The molecule has 1 N–H and O–H groups in total. The highest BCUT2D eigenvalue weighted by molar-refractivity contribution is 6.32. The molecule has 4 heteroatoms. The second-order valence-corrected chi connectivity index (χ2v) is 3.70. The number of halogens is 1. The van der Waals surface area contributed by atoms with Crippen LogP contribution in [0, 0.1) is 6.92 Å². The fourth-order valence-corrected chi connectivity index (χ4v) is 1.54. The summed E-state index contributed by atoms with van der Waals surface area (Å²) in [5.41, 5.74) is 2.35. The van der Waals surface area contributed by atoms with Gasteiger partial charge in [-0.05, 0) is 6.92 Å². The number of aromatic nitrogens is 2. The van der Waals surface area contributed by atoms with Crippen LogP contribution in [0.15, 0.2) is 35.1 Å². The first-order chi connectivity index (χ1) is 7.16. The van der Waals surface area contributed by atoms with Gasteiger partial charge < -0.3 is 0 Å². The van der Waals surface area contributed by atoms with Crippen LogP contribution in [0.3, 0.4) is 0 Å². The van der Waals surface area contributed by atoms with E-state index in [1.807, 2.05) is 31.2 Å². The Bertz CT molecular complexity index is 531. The average molecular weight is 221 g/mol. The zero-order chi connectivity index (χ0) is 10.8. The molecule has 0 atom stereocenters. The second-order valence-electron chi connectivity index (χ2n) is 3.29. The predicted octanol–water partition coefficient (Wildman–Crippen LogP) is 2.40. The Labute approximate surface area is 91.7 Å². The van der Waals surface area contributed by atoms with Crippen molar-refractivity contribution in [2.45, 2.75) is 6.92 Å². The Morgan fingerprint density at radius 3 is 2.53 bits per heavy atom. The molecule has 1 heterocycles. The Kier molecular flexibility index (Phi) is 2.56.